The molecule has 4 rings (SSSR count). The molecule has 2 amide bonds. The number of carbonyl (C=O) groups excluding carboxylic acids is 3. The van der Waals surface area contributed by atoms with Gasteiger partial charge in [0, 0.05) is 36.2 Å². The lowest BCUT2D eigenvalue weighted by Gasteiger charge is -2.13. The largest absolute Gasteiger partial charge is 0.494 e. The first-order chi connectivity index (χ1) is 15.0. The highest BCUT2D eigenvalue weighted by Crippen LogP contribution is 2.21. The van der Waals surface area contributed by atoms with Crippen molar-refractivity contribution in [2.24, 2.45) is 0 Å². The molecule has 2 heterocycles. The quantitative estimate of drug-likeness (QED) is 0.191. The molecule has 1 aliphatic heterocycles. The van der Waals surface area contributed by atoms with E-state index in [9.17, 15) is 19.2 Å². The van der Waals surface area contributed by atoms with Gasteiger partial charge in [0.1, 0.15) is 17.1 Å². The van der Waals surface area contributed by atoms with Gasteiger partial charge < -0.3 is 13.9 Å². The van der Waals surface area contributed by atoms with Crippen LogP contribution in [0, 0.1) is 0 Å². The van der Waals surface area contributed by atoms with Crippen molar-refractivity contribution in [3.8, 4) is 11.5 Å². The van der Waals surface area contributed by atoms with E-state index in [0.717, 1.165) is 10.3 Å². The maximum absolute atomic E-state index is 12.4. The van der Waals surface area contributed by atoms with Crippen LogP contribution >= 0.6 is 0 Å². The Morgan fingerprint density at radius 3 is 2.29 bits per heavy atom. The minimum Gasteiger partial charge on any atom is -0.494 e. The van der Waals surface area contributed by atoms with E-state index in [-0.39, 0.29) is 24.1 Å². The third-order valence-corrected chi connectivity index (χ3v) is 4.59. The zero-order valence-electron chi connectivity index (χ0n) is 16.3. The van der Waals surface area contributed by atoms with Crippen molar-refractivity contribution in [1.29, 1.82) is 0 Å². The molecule has 1 aromatic heterocycles. The number of hydrogen-bond donors (Lipinski definition) is 0. The van der Waals surface area contributed by atoms with Gasteiger partial charge in [-0.3, -0.25) is 14.5 Å². The number of amides is 2. The van der Waals surface area contributed by atoms with Gasteiger partial charge in [-0.25, -0.2) is 9.59 Å². The second-order valence-electron chi connectivity index (χ2n) is 6.73. The highest BCUT2D eigenvalue weighted by Gasteiger charge is 2.22. The first-order valence-electron chi connectivity index (χ1n) is 9.52. The molecule has 8 nitrogen and oxygen atoms in total. The van der Waals surface area contributed by atoms with Gasteiger partial charge in [0.25, 0.3) is 11.8 Å². The Bertz CT molecular complexity index is 1220. The minimum absolute atomic E-state index is 0.257. The van der Waals surface area contributed by atoms with Crippen molar-refractivity contribution in [1.82, 2.24) is 4.90 Å². The predicted molar refractivity (Wildman–Crippen MR) is 110 cm³/mol. The summed E-state index contributed by atoms with van der Waals surface area (Å²) in [6.07, 6.45) is 2.98. The summed E-state index contributed by atoms with van der Waals surface area (Å²) in [5.41, 5.74) is 0.165. The summed E-state index contributed by atoms with van der Waals surface area (Å²) in [5.74, 6) is -0.403. The highest BCUT2D eigenvalue weighted by atomic mass is 16.5. The van der Waals surface area contributed by atoms with Crippen LogP contribution in [-0.4, -0.2) is 35.8 Å². The second kappa shape index (κ2) is 8.66. The van der Waals surface area contributed by atoms with Crippen LogP contribution in [0.3, 0.4) is 0 Å². The predicted octanol–water partition coefficient (Wildman–Crippen LogP) is 2.71. The Morgan fingerprint density at radius 2 is 1.55 bits per heavy atom. The number of benzene rings is 2. The van der Waals surface area contributed by atoms with Crippen LogP contribution in [0.5, 0.6) is 11.5 Å². The molecule has 0 spiro atoms. The van der Waals surface area contributed by atoms with Crippen LogP contribution in [0.25, 0.3) is 11.0 Å². The average molecular weight is 419 g/mol. The highest BCUT2D eigenvalue weighted by molar-refractivity contribution is 6.12. The Hall–Kier alpha value is -4.20. The molecule has 0 saturated carbocycles. The molecule has 2 aromatic carbocycles. The number of imide groups is 1. The standard InChI is InChI=1S/C23H17NO7/c25-20-9-10-21(26)24(20)12-1-13-29-17-6-3-16(4-7-17)23(28)30-18-8-2-15-5-11-22(27)31-19(15)14-18/h2-11,14H,1,12-13H2. The SMILES string of the molecule is O=C(Oc1ccc2ccc(=O)oc2c1)c1ccc(OCCCN2C(=O)C=CC2=O)cc1. The molecule has 0 aliphatic carbocycles. The molecule has 0 unspecified atom stereocenters. The molecule has 3 aromatic rings. The molecular formula is C23H17NO7. The third kappa shape index (κ3) is 4.69. The van der Waals surface area contributed by atoms with Gasteiger partial charge in [-0.2, -0.15) is 0 Å². The third-order valence-electron chi connectivity index (χ3n) is 4.59. The van der Waals surface area contributed by atoms with Crippen LogP contribution < -0.4 is 15.1 Å². The van der Waals surface area contributed by atoms with Crippen molar-refractivity contribution < 1.29 is 28.3 Å². The fraction of sp³-hybridized carbons (Fsp3) is 0.130. The van der Waals surface area contributed by atoms with Crippen molar-refractivity contribution in [2.45, 2.75) is 6.42 Å². The lowest BCUT2D eigenvalue weighted by Crippen LogP contribution is -2.31. The van der Waals surface area contributed by atoms with Gasteiger partial charge in [-0.15, -0.1) is 0 Å². The Morgan fingerprint density at radius 1 is 0.871 bits per heavy atom. The van der Waals surface area contributed by atoms with Gasteiger partial charge in [0.15, 0.2) is 0 Å². The monoisotopic (exact) mass is 419 g/mol. The number of esters is 1. The van der Waals surface area contributed by atoms with Gasteiger partial charge in [-0.1, -0.05) is 0 Å². The lowest BCUT2D eigenvalue weighted by molar-refractivity contribution is -0.136. The van der Waals surface area contributed by atoms with E-state index >= 15 is 0 Å². The van der Waals surface area contributed by atoms with E-state index in [2.05, 4.69) is 0 Å². The first kappa shape index (κ1) is 20.1. The molecule has 0 radical (unpaired) electrons. The molecular weight excluding hydrogens is 402 g/mol. The van der Waals surface area contributed by atoms with Crippen LogP contribution in [0.2, 0.25) is 0 Å². The zero-order chi connectivity index (χ0) is 21.8. The average Bonchev–Trinajstić information content (AvgIpc) is 3.08. The van der Waals surface area contributed by atoms with Crippen molar-refractivity contribution in [2.75, 3.05) is 13.2 Å². The summed E-state index contributed by atoms with van der Waals surface area (Å²) >= 11 is 0. The molecule has 1 aliphatic rings. The maximum atomic E-state index is 12.4. The van der Waals surface area contributed by atoms with Gasteiger partial charge in [-0.05, 0) is 48.9 Å². The normalized spacial score (nSPS) is 13.1. The molecule has 0 saturated heterocycles. The molecule has 0 N–H and O–H groups in total. The van der Waals surface area contributed by atoms with Gasteiger partial charge >= 0.3 is 11.6 Å². The van der Waals surface area contributed by atoms with Gasteiger partial charge in [0.2, 0.25) is 0 Å². The summed E-state index contributed by atoms with van der Waals surface area (Å²) in [4.78, 5) is 47.8. The number of fused-ring (bicyclic) bond motifs is 1. The Balaban J connectivity index is 1.30. The van der Waals surface area contributed by atoms with Gasteiger partial charge in [0.05, 0.1) is 12.2 Å². The minimum atomic E-state index is -0.567. The number of carbonyl (C=O) groups is 3. The van der Waals surface area contributed by atoms with E-state index in [0.29, 0.717) is 29.9 Å². The molecule has 8 heteroatoms. The van der Waals surface area contributed by atoms with Crippen LogP contribution in [0.15, 0.2) is 76.0 Å². The summed E-state index contributed by atoms with van der Waals surface area (Å²) < 4.78 is 16.0. The topological polar surface area (TPSA) is 103 Å². The van der Waals surface area contributed by atoms with E-state index in [4.69, 9.17) is 13.9 Å². The van der Waals surface area contributed by atoms with E-state index in [1.807, 2.05) is 0 Å². The summed E-state index contributed by atoms with van der Waals surface area (Å²) in [6, 6.07) is 14.1. The van der Waals surface area contributed by atoms with Crippen LogP contribution in [0.4, 0.5) is 0 Å². The van der Waals surface area contributed by atoms with Crippen molar-refractivity contribution in [3.63, 3.8) is 0 Å². The molecule has 0 bridgehead atoms. The van der Waals surface area contributed by atoms with Crippen LogP contribution in [-0.2, 0) is 9.59 Å². The maximum Gasteiger partial charge on any atom is 0.343 e. The Labute approximate surface area is 176 Å². The zero-order valence-corrected chi connectivity index (χ0v) is 16.3. The second-order valence-corrected chi connectivity index (χ2v) is 6.73. The molecule has 0 atom stereocenters. The molecule has 156 valence electrons. The molecule has 0 fully saturated rings. The smallest absolute Gasteiger partial charge is 0.343 e. The van der Waals surface area contributed by atoms with E-state index in [1.165, 1.54) is 24.3 Å². The van der Waals surface area contributed by atoms with E-state index < -0.39 is 11.6 Å². The first-order valence-corrected chi connectivity index (χ1v) is 9.52. The number of nitrogens with zero attached hydrogens (tertiary/aromatic N) is 1. The van der Waals surface area contributed by atoms with Crippen LogP contribution in [0.1, 0.15) is 16.8 Å². The fourth-order valence-electron chi connectivity index (χ4n) is 3.02. The number of ether oxygens (including phenoxy) is 2. The Kier molecular flexibility index (Phi) is 5.61. The summed E-state index contributed by atoms with van der Waals surface area (Å²) in [5, 5.41) is 0.718. The summed E-state index contributed by atoms with van der Waals surface area (Å²) in [6.45, 7) is 0.587. The van der Waals surface area contributed by atoms with E-state index in [1.54, 1.807) is 42.5 Å². The number of rotatable bonds is 7. The summed E-state index contributed by atoms with van der Waals surface area (Å²) in [7, 11) is 0. The lowest BCUT2D eigenvalue weighted by atomic mass is 10.2. The fourth-order valence-corrected chi connectivity index (χ4v) is 3.02. The van der Waals surface area contributed by atoms with Crippen molar-refractivity contribution >= 4 is 28.8 Å². The van der Waals surface area contributed by atoms with Crippen molar-refractivity contribution in [3.05, 3.63) is 82.7 Å². The number of hydrogen-bond acceptors (Lipinski definition) is 7. The molecule has 31 heavy (non-hydrogen) atoms.